The van der Waals surface area contributed by atoms with E-state index in [0.717, 1.165) is 0 Å². The lowest BCUT2D eigenvalue weighted by Gasteiger charge is -2.13. The Hall–Kier alpha value is -3.60. The van der Waals surface area contributed by atoms with Crippen molar-refractivity contribution in [3.63, 3.8) is 0 Å². The molecule has 0 bridgehead atoms. The van der Waals surface area contributed by atoms with Gasteiger partial charge in [0.2, 0.25) is 5.91 Å². The minimum Gasteiger partial charge on any atom is -0.480 e. The molecule has 11 nitrogen and oxygen atoms in total. The minimum absolute atomic E-state index is 0.144. The van der Waals surface area contributed by atoms with Crippen LogP contribution in [0.2, 0.25) is 0 Å². The standard InChI is InChI=1S/C11H14N2O2.C10H16N4O3.2C2H6/c1-9(14)4-2-7-13-11(15)10-5-3-6-12-8-10;1-11-3-2-9(15)14-8(10(16)17)4-7-5-12-6-13-7;2*1-2/h3,5-6,8H,2,4,7H2,1H3,(H,13,15);5-6,8,11H,2-4H2,1H3,(H,12,13)(H,14,15)(H,16,17);2*1-2H3/t;8-;;/m.0../s1. The van der Waals surface area contributed by atoms with Crippen molar-refractivity contribution in [2.75, 3.05) is 20.1 Å². The highest BCUT2D eigenvalue weighted by Gasteiger charge is 2.20. The number of nitrogens with zero attached hydrogens (tertiary/aromatic N) is 2. The number of rotatable bonds is 12. The van der Waals surface area contributed by atoms with Gasteiger partial charge in [0.1, 0.15) is 11.8 Å². The van der Waals surface area contributed by atoms with E-state index < -0.39 is 12.0 Å². The maximum atomic E-state index is 11.5. The van der Waals surface area contributed by atoms with E-state index >= 15 is 0 Å². The van der Waals surface area contributed by atoms with Gasteiger partial charge in [-0.2, -0.15) is 0 Å². The lowest BCUT2D eigenvalue weighted by Crippen LogP contribution is -2.43. The summed E-state index contributed by atoms with van der Waals surface area (Å²) in [5.41, 5.74) is 1.21. The zero-order valence-corrected chi connectivity index (χ0v) is 22.3. The fourth-order valence-electron chi connectivity index (χ4n) is 2.46. The number of carboxylic acid groups (broad SMARTS) is 1. The molecule has 0 spiro atoms. The van der Waals surface area contributed by atoms with Gasteiger partial charge in [0.05, 0.1) is 11.9 Å². The number of Topliss-reactive ketones (excluding diaryl/α,β-unsaturated/α-hetero) is 1. The molecule has 0 aromatic carbocycles. The molecule has 0 unspecified atom stereocenters. The van der Waals surface area contributed by atoms with Gasteiger partial charge in [0.25, 0.3) is 5.91 Å². The molecule has 2 amide bonds. The van der Waals surface area contributed by atoms with Crippen molar-refractivity contribution in [3.05, 3.63) is 48.3 Å². The summed E-state index contributed by atoms with van der Waals surface area (Å²) in [4.78, 5) is 54.9. The van der Waals surface area contributed by atoms with Crippen molar-refractivity contribution in [2.45, 2.75) is 66.3 Å². The number of nitrogens with one attached hydrogen (secondary N) is 4. The third-order valence-corrected chi connectivity index (χ3v) is 4.13. The van der Waals surface area contributed by atoms with E-state index in [1.807, 2.05) is 27.7 Å². The Kier molecular flexibility index (Phi) is 22.2. The molecule has 0 radical (unpaired) electrons. The van der Waals surface area contributed by atoms with Crippen LogP contribution in [0.3, 0.4) is 0 Å². The Morgan fingerprint density at radius 1 is 1.03 bits per heavy atom. The van der Waals surface area contributed by atoms with Crippen LogP contribution in [0.15, 0.2) is 37.1 Å². The zero-order chi connectivity index (χ0) is 27.8. The van der Waals surface area contributed by atoms with Crippen LogP contribution in [0, 0.1) is 0 Å². The number of pyridine rings is 1. The van der Waals surface area contributed by atoms with E-state index in [1.54, 1.807) is 32.3 Å². The number of carboxylic acids is 1. The molecule has 202 valence electrons. The second-order valence-electron chi connectivity index (χ2n) is 6.90. The van der Waals surface area contributed by atoms with Crippen LogP contribution in [0.25, 0.3) is 0 Å². The molecule has 5 N–H and O–H groups in total. The number of aromatic amines is 1. The molecule has 2 aromatic heterocycles. The highest BCUT2D eigenvalue weighted by atomic mass is 16.4. The van der Waals surface area contributed by atoms with Crippen molar-refractivity contribution in [3.8, 4) is 0 Å². The number of hydrogen-bond donors (Lipinski definition) is 5. The molecule has 1 atom stereocenters. The highest BCUT2D eigenvalue weighted by molar-refractivity contribution is 5.93. The number of hydrogen-bond acceptors (Lipinski definition) is 7. The third-order valence-electron chi connectivity index (χ3n) is 4.13. The second-order valence-corrected chi connectivity index (χ2v) is 6.90. The quantitative estimate of drug-likeness (QED) is 0.274. The number of carbonyl (C=O) groups is 4. The molecular formula is C25H42N6O5. The summed E-state index contributed by atoms with van der Waals surface area (Å²) in [6.07, 6.45) is 7.78. The summed E-state index contributed by atoms with van der Waals surface area (Å²) < 4.78 is 0. The van der Waals surface area contributed by atoms with Crippen LogP contribution in [-0.2, 0) is 20.8 Å². The third kappa shape index (κ3) is 17.8. The summed E-state index contributed by atoms with van der Waals surface area (Å²) in [5.74, 6) is -1.35. The Balaban J connectivity index is 0. The topological polar surface area (TPSA) is 166 Å². The van der Waals surface area contributed by atoms with Gasteiger partial charge >= 0.3 is 5.97 Å². The summed E-state index contributed by atoms with van der Waals surface area (Å²) in [7, 11) is 1.73. The Bertz CT molecular complexity index is 844. The average Bonchev–Trinajstić information content (AvgIpc) is 3.41. The maximum absolute atomic E-state index is 11.5. The van der Waals surface area contributed by atoms with Crippen molar-refractivity contribution in [1.29, 1.82) is 0 Å². The number of aliphatic carboxylic acids is 1. The van der Waals surface area contributed by atoms with Crippen molar-refractivity contribution < 1.29 is 24.3 Å². The summed E-state index contributed by atoms with van der Waals surface area (Å²) in [5, 5.41) is 17.0. The van der Waals surface area contributed by atoms with Crippen LogP contribution >= 0.6 is 0 Å². The number of H-pyrrole nitrogens is 1. The maximum Gasteiger partial charge on any atom is 0.326 e. The van der Waals surface area contributed by atoms with Crippen LogP contribution in [0.5, 0.6) is 0 Å². The van der Waals surface area contributed by atoms with E-state index in [9.17, 15) is 19.2 Å². The molecule has 0 saturated carbocycles. The molecule has 0 aliphatic heterocycles. The summed E-state index contributed by atoms with van der Waals surface area (Å²) in [6, 6.07) is 2.48. The van der Waals surface area contributed by atoms with E-state index in [1.165, 1.54) is 18.7 Å². The van der Waals surface area contributed by atoms with Gasteiger partial charge in [-0.1, -0.05) is 27.7 Å². The summed E-state index contributed by atoms with van der Waals surface area (Å²) >= 11 is 0. The second kappa shape index (κ2) is 23.2. The zero-order valence-electron chi connectivity index (χ0n) is 22.3. The van der Waals surface area contributed by atoms with Crippen molar-refractivity contribution in [1.82, 2.24) is 30.9 Å². The number of imidazole rings is 1. The molecule has 0 fully saturated rings. The smallest absolute Gasteiger partial charge is 0.326 e. The normalized spacial score (nSPS) is 10.1. The van der Waals surface area contributed by atoms with Crippen molar-refractivity contribution in [2.24, 2.45) is 0 Å². The first-order chi connectivity index (χ1) is 17.3. The lowest BCUT2D eigenvalue weighted by molar-refractivity contribution is -0.141. The fourth-order valence-corrected chi connectivity index (χ4v) is 2.46. The first kappa shape index (κ1) is 34.6. The molecule has 0 aliphatic rings. The van der Waals surface area contributed by atoms with Gasteiger partial charge in [-0.3, -0.25) is 14.6 Å². The van der Waals surface area contributed by atoms with E-state index in [2.05, 4.69) is 30.9 Å². The number of aromatic nitrogens is 3. The molecule has 2 rings (SSSR count). The average molecular weight is 507 g/mol. The van der Waals surface area contributed by atoms with Gasteiger partial charge in [0.15, 0.2) is 0 Å². The molecule has 0 aliphatic carbocycles. The van der Waals surface area contributed by atoms with Crippen LogP contribution in [0.1, 0.15) is 69.9 Å². The van der Waals surface area contributed by atoms with Gasteiger partial charge in [-0.15, -0.1) is 0 Å². The number of ketones is 1. The predicted molar refractivity (Wildman–Crippen MR) is 140 cm³/mol. The fraction of sp³-hybridized carbons (Fsp3) is 0.520. The van der Waals surface area contributed by atoms with Crippen LogP contribution in [-0.4, -0.2) is 69.8 Å². The highest BCUT2D eigenvalue weighted by Crippen LogP contribution is 1.99. The molecule has 36 heavy (non-hydrogen) atoms. The lowest BCUT2D eigenvalue weighted by atomic mass is 10.1. The SMILES string of the molecule is CC.CC.CC(=O)CCCNC(=O)c1cccnc1.CNCCC(=O)N[C@@H](Cc1cnc[nH]1)C(=O)O. The Labute approximate surface area is 213 Å². The Morgan fingerprint density at radius 2 is 1.72 bits per heavy atom. The largest absolute Gasteiger partial charge is 0.480 e. The van der Waals surface area contributed by atoms with Gasteiger partial charge < -0.3 is 30.8 Å². The molecular weight excluding hydrogens is 464 g/mol. The molecule has 2 aromatic rings. The van der Waals surface area contributed by atoms with Gasteiger partial charge in [-0.05, 0) is 32.5 Å². The molecule has 2 heterocycles. The van der Waals surface area contributed by atoms with Crippen LogP contribution in [0.4, 0.5) is 0 Å². The summed E-state index contributed by atoms with van der Waals surface area (Å²) in [6.45, 7) is 10.6. The van der Waals surface area contributed by atoms with Gasteiger partial charge in [0, 0.05) is 56.6 Å². The van der Waals surface area contributed by atoms with Crippen LogP contribution < -0.4 is 16.0 Å². The molecule has 0 saturated heterocycles. The predicted octanol–water partition coefficient (Wildman–Crippen LogP) is 2.36. The Morgan fingerprint density at radius 3 is 2.22 bits per heavy atom. The first-order valence-electron chi connectivity index (χ1n) is 12.1. The van der Waals surface area contributed by atoms with Gasteiger partial charge in [-0.25, -0.2) is 9.78 Å². The van der Waals surface area contributed by atoms with E-state index in [-0.39, 0.29) is 30.4 Å². The van der Waals surface area contributed by atoms with Crippen molar-refractivity contribution >= 4 is 23.6 Å². The van der Waals surface area contributed by atoms with E-state index in [0.29, 0.717) is 37.2 Å². The van der Waals surface area contributed by atoms with E-state index in [4.69, 9.17) is 5.11 Å². The number of amides is 2. The molecule has 11 heteroatoms. The first-order valence-corrected chi connectivity index (χ1v) is 12.1. The monoisotopic (exact) mass is 506 g/mol. The minimum atomic E-state index is -1.06. The number of carbonyl (C=O) groups excluding carboxylic acids is 3.